The lowest BCUT2D eigenvalue weighted by Crippen LogP contribution is -2.46. The van der Waals surface area contributed by atoms with Crippen molar-refractivity contribution in [2.24, 2.45) is 5.92 Å². The van der Waals surface area contributed by atoms with Crippen LogP contribution >= 0.6 is 0 Å². The highest BCUT2D eigenvalue weighted by atomic mass is 16.5. The zero-order valence-electron chi connectivity index (χ0n) is 19.8. The maximum absolute atomic E-state index is 11.4. The fourth-order valence-electron chi connectivity index (χ4n) is 4.51. The summed E-state index contributed by atoms with van der Waals surface area (Å²) in [5.41, 5.74) is 4.07. The molecule has 1 aliphatic carbocycles. The summed E-state index contributed by atoms with van der Waals surface area (Å²) < 4.78 is 10.5. The zero-order chi connectivity index (χ0) is 23.8. The van der Waals surface area contributed by atoms with E-state index >= 15 is 0 Å². The van der Waals surface area contributed by atoms with Crippen LogP contribution in [0.1, 0.15) is 48.9 Å². The van der Waals surface area contributed by atoms with E-state index < -0.39 is 6.10 Å². The molecule has 0 fully saturated rings. The van der Waals surface area contributed by atoms with Gasteiger partial charge < -0.3 is 19.9 Å². The van der Waals surface area contributed by atoms with Crippen LogP contribution < -0.4 is 10.1 Å². The first kappa shape index (κ1) is 24.8. The number of esters is 1. The quantitative estimate of drug-likeness (QED) is 0.509. The molecule has 0 saturated carbocycles. The Morgan fingerprint density at radius 1 is 1.24 bits per heavy atom. The molecule has 0 aliphatic heterocycles. The molecule has 1 atom stereocenters. The molecule has 1 aliphatic rings. The van der Waals surface area contributed by atoms with Gasteiger partial charge in [-0.3, -0.25) is 4.79 Å². The number of β-amino-alcohol motifs (C(OH)–C–C–N with tert-alkyl or cyclic N) is 1. The van der Waals surface area contributed by atoms with Crippen molar-refractivity contribution in [2.45, 2.75) is 57.6 Å². The molecule has 0 unspecified atom stereocenters. The third-order valence-electron chi connectivity index (χ3n) is 6.19. The van der Waals surface area contributed by atoms with Crippen LogP contribution in [0.2, 0.25) is 0 Å². The maximum Gasteiger partial charge on any atom is 0.305 e. The minimum absolute atomic E-state index is 0.0765. The predicted octanol–water partition coefficient (Wildman–Crippen LogP) is 3.58. The molecule has 2 aromatic carbocycles. The molecule has 0 bridgehead atoms. The van der Waals surface area contributed by atoms with Crippen molar-refractivity contribution < 1.29 is 19.4 Å². The van der Waals surface area contributed by atoms with Crippen LogP contribution in [-0.2, 0) is 28.8 Å². The third kappa shape index (κ3) is 7.31. The Kier molecular flexibility index (Phi) is 8.49. The van der Waals surface area contributed by atoms with Gasteiger partial charge in [-0.1, -0.05) is 30.3 Å². The average molecular weight is 451 g/mol. The Bertz CT molecular complexity index is 971. The van der Waals surface area contributed by atoms with Crippen LogP contribution in [0.4, 0.5) is 0 Å². The Balaban J connectivity index is 1.47. The molecule has 33 heavy (non-hydrogen) atoms. The van der Waals surface area contributed by atoms with Crippen LogP contribution in [0, 0.1) is 17.2 Å². The number of hydrogen-bond donors (Lipinski definition) is 2. The number of carbonyl (C=O) groups excluding carboxylic acids is 1. The van der Waals surface area contributed by atoms with E-state index in [1.54, 1.807) is 18.2 Å². The standard InChI is InChI=1S/C27H34N2O4/c1-27(2,15-20-12-21-6-4-5-7-22(21)13-20)29-17-24(30)18-33-25-14-19(8-10-23(25)16-28)9-11-26(31)32-3/h4-8,10,14,20,24,29-30H,9,11-13,15,17-18H2,1-3H3/t24-/m1/s1. The molecule has 0 aromatic heterocycles. The van der Waals surface area contributed by atoms with Gasteiger partial charge in [0.2, 0.25) is 0 Å². The summed E-state index contributed by atoms with van der Waals surface area (Å²) in [5, 5.41) is 23.3. The monoisotopic (exact) mass is 450 g/mol. The van der Waals surface area contributed by atoms with Crippen LogP contribution in [-0.4, -0.2) is 43.0 Å². The molecule has 0 saturated heterocycles. The summed E-state index contributed by atoms with van der Waals surface area (Å²) in [6.07, 6.45) is 3.28. The normalized spacial score (nSPS) is 14.4. The lowest BCUT2D eigenvalue weighted by atomic mass is 9.88. The predicted molar refractivity (Wildman–Crippen MR) is 127 cm³/mol. The molecule has 3 rings (SSSR count). The number of aryl methyl sites for hydroxylation is 1. The molecule has 0 heterocycles. The Morgan fingerprint density at radius 2 is 1.94 bits per heavy atom. The fourth-order valence-corrected chi connectivity index (χ4v) is 4.51. The van der Waals surface area contributed by atoms with Crippen LogP contribution in [0.5, 0.6) is 5.75 Å². The van der Waals surface area contributed by atoms with E-state index in [1.807, 2.05) is 0 Å². The smallest absolute Gasteiger partial charge is 0.305 e. The van der Waals surface area contributed by atoms with Crippen molar-refractivity contribution in [1.82, 2.24) is 5.32 Å². The van der Waals surface area contributed by atoms with E-state index in [2.05, 4.69) is 54.2 Å². The first-order chi connectivity index (χ1) is 15.8. The second-order valence-electron chi connectivity index (χ2n) is 9.50. The number of methoxy groups -OCH3 is 1. The van der Waals surface area contributed by atoms with Gasteiger partial charge in [0.25, 0.3) is 0 Å². The number of carbonyl (C=O) groups is 1. The first-order valence-corrected chi connectivity index (χ1v) is 11.5. The van der Waals surface area contributed by atoms with Gasteiger partial charge in [-0.15, -0.1) is 0 Å². The first-order valence-electron chi connectivity index (χ1n) is 11.5. The highest BCUT2D eigenvalue weighted by molar-refractivity contribution is 5.69. The summed E-state index contributed by atoms with van der Waals surface area (Å²) >= 11 is 0. The second kappa shape index (κ2) is 11.3. The molecule has 6 nitrogen and oxygen atoms in total. The van der Waals surface area contributed by atoms with Gasteiger partial charge in [0.1, 0.15) is 24.5 Å². The van der Waals surface area contributed by atoms with Crippen molar-refractivity contribution in [2.75, 3.05) is 20.3 Å². The maximum atomic E-state index is 11.4. The molecule has 0 spiro atoms. The van der Waals surface area contributed by atoms with Gasteiger partial charge in [0, 0.05) is 18.5 Å². The summed E-state index contributed by atoms with van der Waals surface area (Å²) in [7, 11) is 1.36. The fraction of sp³-hybridized carbons (Fsp3) is 0.481. The number of fused-ring (bicyclic) bond motifs is 1. The summed E-state index contributed by atoms with van der Waals surface area (Å²) in [5.74, 6) is 0.735. The number of hydrogen-bond acceptors (Lipinski definition) is 6. The van der Waals surface area contributed by atoms with E-state index in [0.29, 0.717) is 30.2 Å². The molecule has 2 N–H and O–H groups in total. The molecular formula is C27H34N2O4. The number of nitrogens with one attached hydrogen (secondary N) is 1. The van der Waals surface area contributed by atoms with Gasteiger partial charge in [0.05, 0.1) is 12.7 Å². The van der Waals surface area contributed by atoms with Gasteiger partial charge in [0.15, 0.2) is 0 Å². The number of aliphatic hydroxyl groups excluding tert-OH is 1. The number of nitrogens with zero attached hydrogens (tertiary/aromatic N) is 1. The molecule has 176 valence electrons. The molecule has 0 radical (unpaired) electrons. The Labute approximate surface area is 196 Å². The van der Waals surface area contributed by atoms with Gasteiger partial charge in [-0.2, -0.15) is 5.26 Å². The van der Waals surface area contributed by atoms with Crippen molar-refractivity contribution in [3.05, 3.63) is 64.7 Å². The molecule has 2 aromatic rings. The highest BCUT2D eigenvalue weighted by Gasteiger charge is 2.28. The van der Waals surface area contributed by atoms with Crippen molar-refractivity contribution in [3.63, 3.8) is 0 Å². The van der Waals surface area contributed by atoms with Crippen molar-refractivity contribution >= 4 is 5.97 Å². The second-order valence-corrected chi connectivity index (χ2v) is 9.50. The number of aliphatic hydroxyl groups is 1. The summed E-state index contributed by atoms with van der Waals surface area (Å²) in [4.78, 5) is 11.4. The summed E-state index contributed by atoms with van der Waals surface area (Å²) in [6, 6.07) is 16.0. The lowest BCUT2D eigenvalue weighted by Gasteiger charge is -2.30. The Hall–Kier alpha value is -2.88. The topological polar surface area (TPSA) is 91.6 Å². The lowest BCUT2D eigenvalue weighted by molar-refractivity contribution is -0.140. The number of ether oxygens (including phenoxy) is 2. The molecule has 6 heteroatoms. The van der Waals surface area contributed by atoms with E-state index in [0.717, 1.165) is 24.8 Å². The van der Waals surface area contributed by atoms with Crippen molar-refractivity contribution in [1.29, 1.82) is 5.26 Å². The zero-order valence-corrected chi connectivity index (χ0v) is 19.8. The van der Waals surface area contributed by atoms with E-state index in [1.165, 1.54) is 18.2 Å². The van der Waals surface area contributed by atoms with E-state index in [4.69, 9.17) is 4.74 Å². The van der Waals surface area contributed by atoms with Crippen LogP contribution in [0.25, 0.3) is 0 Å². The minimum Gasteiger partial charge on any atom is -0.489 e. The van der Waals surface area contributed by atoms with Gasteiger partial charge in [-0.05, 0) is 74.3 Å². The number of benzene rings is 2. The number of nitriles is 1. The Morgan fingerprint density at radius 3 is 2.58 bits per heavy atom. The van der Waals surface area contributed by atoms with Crippen LogP contribution in [0.15, 0.2) is 42.5 Å². The van der Waals surface area contributed by atoms with Crippen LogP contribution in [0.3, 0.4) is 0 Å². The molecular weight excluding hydrogens is 416 g/mol. The molecule has 0 amide bonds. The minimum atomic E-state index is -0.713. The van der Waals surface area contributed by atoms with Gasteiger partial charge >= 0.3 is 5.97 Å². The average Bonchev–Trinajstić information content (AvgIpc) is 3.21. The van der Waals surface area contributed by atoms with E-state index in [-0.39, 0.29) is 24.5 Å². The third-order valence-corrected chi connectivity index (χ3v) is 6.19. The number of rotatable bonds is 11. The summed E-state index contributed by atoms with van der Waals surface area (Å²) in [6.45, 7) is 4.81. The largest absolute Gasteiger partial charge is 0.489 e. The van der Waals surface area contributed by atoms with Crippen molar-refractivity contribution in [3.8, 4) is 11.8 Å². The van der Waals surface area contributed by atoms with E-state index in [9.17, 15) is 15.2 Å². The SMILES string of the molecule is COC(=O)CCc1ccc(C#N)c(OC[C@H](O)CNC(C)(C)CC2Cc3ccccc3C2)c1. The van der Waals surface area contributed by atoms with Gasteiger partial charge in [-0.25, -0.2) is 0 Å². The highest BCUT2D eigenvalue weighted by Crippen LogP contribution is 2.31.